The van der Waals surface area contributed by atoms with Crippen molar-refractivity contribution in [1.82, 2.24) is 0 Å². The van der Waals surface area contributed by atoms with Gasteiger partial charge in [-0.2, -0.15) is 0 Å². The molecule has 0 aliphatic rings. The van der Waals surface area contributed by atoms with Crippen LogP contribution >= 0.6 is 15.6 Å². The van der Waals surface area contributed by atoms with Crippen LogP contribution in [0.3, 0.4) is 0 Å². The van der Waals surface area contributed by atoms with Gasteiger partial charge in [0.2, 0.25) is 0 Å². The highest BCUT2D eigenvalue weighted by Crippen LogP contribution is 2.45. The number of carbonyl (C=O) groups excluding carboxylic acids is 4. The van der Waals surface area contributed by atoms with E-state index in [-0.39, 0.29) is 25.7 Å². The Morgan fingerprint density at radius 1 is 0.279 bits per heavy atom. The summed E-state index contributed by atoms with van der Waals surface area (Å²) in [5.74, 6) is -2.26. The summed E-state index contributed by atoms with van der Waals surface area (Å²) in [5, 5.41) is 10.6. The van der Waals surface area contributed by atoms with Crippen LogP contribution in [0.2, 0.25) is 0 Å². The number of unbranched alkanes of at least 4 members (excludes halogenated alkanes) is 24. The molecule has 0 aliphatic carbocycles. The number of phosphoric acid groups is 2. The van der Waals surface area contributed by atoms with Crippen molar-refractivity contribution in [3.63, 3.8) is 0 Å². The van der Waals surface area contributed by atoms with Gasteiger partial charge in [0.25, 0.3) is 0 Å². The topological polar surface area (TPSA) is 237 Å². The highest BCUT2D eigenvalue weighted by molar-refractivity contribution is 7.47. The minimum Gasteiger partial charge on any atom is -0.462 e. The first-order valence-electron chi connectivity index (χ1n) is 40.1. The average molecular weight is 1500 g/mol. The van der Waals surface area contributed by atoms with Gasteiger partial charge in [0.1, 0.15) is 19.3 Å². The van der Waals surface area contributed by atoms with E-state index < -0.39 is 97.5 Å². The Labute approximate surface area is 630 Å². The van der Waals surface area contributed by atoms with Gasteiger partial charge >= 0.3 is 39.5 Å². The summed E-state index contributed by atoms with van der Waals surface area (Å²) in [6.07, 6.45) is 86.8. The summed E-state index contributed by atoms with van der Waals surface area (Å²) >= 11 is 0. The number of hydrogen-bond donors (Lipinski definition) is 3. The van der Waals surface area contributed by atoms with Gasteiger partial charge in [0.15, 0.2) is 12.2 Å². The Balaban J connectivity index is 5.39. The zero-order chi connectivity index (χ0) is 76.0. The molecule has 0 amide bonds. The van der Waals surface area contributed by atoms with Gasteiger partial charge in [-0.3, -0.25) is 37.3 Å². The van der Waals surface area contributed by atoms with E-state index in [0.29, 0.717) is 25.7 Å². The number of aliphatic hydroxyl groups excluding tert-OH is 1. The van der Waals surface area contributed by atoms with E-state index >= 15 is 0 Å². The van der Waals surface area contributed by atoms with E-state index in [4.69, 9.17) is 37.0 Å². The number of esters is 4. The number of carbonyl (C=O) groups is 4. The molecule has 19 heteroatoms. The molecule has 0 saturated heterocycles. The van der Waals surface area contributed by atoms with Gasteiger partial charge < -0.3 is 33.8 Å². The molecule has 0 aromatic rings. The first kappa shape index (κ1) is 98.9. The highest BCUT2D eigenvalue weighted by Gasteiger charge is 2.30. The lowest BCUT2D eigenvalue weighted by Crippen LogP contribution is -2.30. The molecule has 5 unspecified atom stereocenters. The molecule has 0 aromatic carbocycles. The minimum atomic E-state index is -4.99. The fourth-order valence-electron chi connectivity index (χ4n) is 10.2. The van der Waals surface area contributed by atoms with Crippen molar-refractivity contribution in [3.05, 3.63) is 146 Å². The van der Waals surface area contributed by atoms with Crippen LogP contribution in [-0.2, 0) is 65.4 Å². The quantitative estimate of drug-likeness (QED) is 0.0169. The fraction of sp³-hybridized carbons (Fsp3) is 0.671. The molecule has 0 fully saturated rings. The largest absolute Gasteiger partial charge is 0.472 e. The third-order valence-electron chi connectivity index (χ3n) is 16.2. The third-order valence-corrected chi connectivity index (χ3v) is 18.1. The van der Waals surface area contributed by atoms with E-state index in [9.17, 15) is 43.2 Å². The summed E-state index contributed by atoms with van der Waals surface area (Å²) in [5.41, 5.74) is 0. The monoisotopic (exact) mass is 1500 g/mol. The molecule has 0 spiro atoms. The maximum absolute atomic E-state index is 13.1. The SMILES string of the molecule is CC/C=C\C/C=C\C/C=C\C/C=C\C/C=C\CCCCCC(=O)OCC(COP(=O)(O)OCC(O)COP(=O)(O)OCC(COC(=O)CCCCCCCC/C=C\C/C=C\C/C=C\CCCCC)OC(=O)CCCCCCC/C=C\C/C=C\CCC)OC(=O)CCCCCCC/C=C\C/C=C\CCC. The van der Waals surface area contributed by atoms with Crippen molar-refractivity contribution >= 4 is 39.5 Å². The Morgan fingerprint density at radius 3 is 0.817 bits per heavy atom. The first-order chi connectivity index (χ1) is 50.7. The lowest BCUT2D eigenvalue weighted by Gasteiger charge is -2.21. The lowest BCUT2D eigenvalue weighted by molar-refractivity contribution is -0.161. The summed E-state index contributed by atoms with van der Waals surface area (Å²) in [7, 11) is -9.98. The summed E-state index contributed by atoms with van der Waals surface area (Å²) < 4.78 is 68.5. The van der Waals surface area contributed by atoms with E-state index in [1.807, 2.05) is 0 Å². The Hall–Kier alpha value is -5.06. The molecular weight excluding hydrogens is 1350 g/mol. The van der Waals surface area contributed by atoms with E-state index in [1.165, 1.54) is 19.3 Å². The normalized spacial score (nSPS) is 14.6. The fourth-order valence-corrected chi connectivity index (χ4v) is 11.7. The zero-order valence-electron chi connectivity index (χ0n) is 64.9. The summed E-state index contributed by atoms with van der Waals surface area (Å²) in [6, 6.07) is 0. The van der Waals surface area contributed by atoms with Gasteiger partial charge in [-0.1, -0.05) is 270 Å². The molecule has 3 N–H and O–H groups in total. The number of phosphoric ester groups is 2. The lowest BCUT2D eigenvalue weighted by atomic mass is 10.1. The van der Waals surface area contributed by atoms with Crippen LogP contribution in [0.4, 0.5) is 0 Å². The van der Waals surface area contributed by atoms with Gasteiger partial charge in [-0.25, -0.2) is 9.13 Å². The first-order valence-corrected chi connectivity index (χ1v) is 43.1. The van der Waals surface area contributed by atoms with Crippen molar-refractivity contribution in [2.75, 3.05) is 39.6 Å². The van der Waals surface area contributed by atoms with Crippen LogP contribution < -0.4 is 0 Å². The van der Waals surface area contributed by atoms with Gasteiger partial charge in [-0.05, 0) is 161 Å². The number of rotatable bonds is 74. The molecule has 5 atom stereocenters. The van der Waals surface area contributed by atoms with E-state index in [0.717, 1.165) is 212 Å². The van der Waals surface area contributed by atoms with E-state index in [1.54, 1.807) is 0 Å². The highest BCUT2D eigenvalue weighted by atomic mass is 31.2. The van der Waals surface area contributed by atoms with Gasteiger partial charge in [0, 0.05) is 25.7 Å². The second kappa shape index (κ2) is 76.1. The number of aliphatic hydroxyl groups is 1. The Kier molecular flexibility index (Phi) is 72.4. The molecule has 0 bridgehead atoms. The van der Waals surface area contributed by atoms with Crippen molar-refractivity contribution in [1.29, 1.82) is 0 Å². The molecule has 0 aliphatic heterocycles. The van der Waals surface area contributed by atoms with Crippen molar-refractivity contribution in [2.45, 2.75) is 329 Å². The second-order valence-electron chi connectivity index (χ2n) is 26.3. The minimum absolute atomic E-state index is 0.0665. The standard InChI is InChI=1S/C85H142O17P2/c1-5-9-13-17-21-25-29-33-35-37-39-41-43-47-49-53-57-61-65-69-82(87)95-75-80(101-84(89)71-67-63-59-55-51-45-31-27-23-19-15-11-7-3)77-99-103(91,92)97-73-79(86)74-98-104(93,94)100-78-81(102-85(90)72-68-64-60-56-52-46-32-28-24-20-16-12-8-4)76-96-83(88)70-66-62-58-54-50-48-44-42-40-38-36-34-30-26-22-18-14-10-6-2/h9,13,15-16,19-22,25-28,31-36,39-42,47,49,79-81,86H,5-8,10-12,14,17-18,23-24,29-30,37-38,43-46,48,50-78H2,1-4H3,(H,91,92)(H,93,94)/b13-9-,19-15-,20-16-,25-21-,26-22-,31-27-,32-28-,35-33-,36-34-,41-39-,42-40-,49-47-. The molecular formula is C85H142O17P2. The maximum Gasteiger partial charge on any atom is 0.472 e. The molecule has 104 heavy (non-hydrogen) atoms. The van der Waals surface area contributed by atoms with Crippen molar-refractivity contribution in [3.8, 4) is 0 Å². The van der Waals surface area contributed by atoms with Gasteiger partial charge in [0.05, 0.1) is 26.4 Å². The van der Waals surface area contributed by atoms with Gasteiger partial charge in [-0.15, -0.1) is 0 Å². The molecule has 0 heterocycles. The van der Waals surface area contributed by atoms with Crippen LogP contribution in [0.5, 0.6) is 0 Å². The predicted molar refractivity (Wildman–Crippen MR) is 427 cm³/mol. The van der Waals surface area contributed by atoms with E-state index in [2.05, 4.69) is 174 Å². The number of hydrogen-bond acceptors (Lipinski definition) is 15. The molecule has 0 saturated carbocycles. The molecule has 0 radical (unpaired) electrons. The number of ether oxygens (including phenoxy) is 4. The maximum atomic E-state index is 13.1. The molecule has 17 nitrogen and oxygen atoms in total. The Bertz CT molecular complexity index is 2540. The smallest absolute Gasteiger partial charge is 0.462 e. The molecule has 594 valence electrons. The van der Waals surface area contributed by atoms with Crippen LogP contribution in [-0.4, -0.2) is 96.7 Å². The Morgan fingerprint density at radius 2 is 0.519 bits per heavy atom. The second-order valence-corrected chi connectivity index (χ2v) is 29.2. The van der Waals surface area contributed by atoms with Crippen molar-refractivity contribution in [2.24, 2.45) is 0 Å². The average Bonchev–Trinajstić information content (AvgIpc) is 0.913. The zero-order valence-corrected chi connectivity index (χ0v) is 66.7. The van der Waals surface area contributed by atoms with Crippen LogP contribution in [0.1, 0.15) is 310 Å². The van der Waals surface area contributed by atoms with Crippen LogP contribution in [0.15, 0.2) is 146 Å². The molecule has 0 aromatic heterocycles. The summed E-state index contributed by atoms with van der Waals surface area (Å²) in [4.78, 5) is 73.0. The van der Waals surface area contributed by atoms with Crippen LogP contribution in [0, 0.1) is 0 Å². The predicted octanol–water partition coefficient (Wildman–Crippen LogP) is 23.4. The molecule has 0 rings (SSSR count). The van der Waals surface area contributed by atoms with Crippen LogP contribution in [0.25, 0.3) is 0 Å². The summed E-state index contributed by atoms with van der Waals surface area (Å²) in [6.45, 7) is 4.52. The number of allylic oxidation sites excluding steroid dienone is 24. The third kappa shape index (κ3) is 75.2. The van der Waals surface area contributed by atoms with Crippen molar-refractivity contribution < 1.29 is 80.2 Å².